The van der Waals surface area contributed by atoms with E-state index in [2.05, 4.69) is 4.18 Å². The van der Waals surface area contributed by atoms with Crippen LogP contribution in [-0.4, -0.2) is 19.7 Å². The quantitative estimate of drug-likeness (QED) is 0.252. The van der Waals surface area contributed by atoms with Crippen molar-refractivity contribution in [2.24, 2.45) is 0 Å². The average Bonchev–Trinajstić information content (AvgIpc) is 2.70. The predicted octanol–water partition coefficient (Wildman–Crippen LogP) is 5.95. The molecule has 0 N–H and O–H groups in total. The molecule has 0 fully saturated rings. The van der Waals surface area contributed by atoms with E-state index in [4.69, 9.17) is 11.6 Å². The smallest absolute Gasteiger partial charge is 0.376 e. The van der Waals surface area contributed by atoms with Crippen LogP contribution in [0.1, 0.15) is 15.9 Å². The van der Waals surface area contributed by atoms with Crippen LogP contribution in [0.25, 0.3) is 0 Å². The summed E-state index contributed by atoms with van der Waals surface area (Å²) in [5, 5.41) is 0.321. The number of benzene rings is 3. The minimum atomic E-state index is -5.72. The molecular weight excluding hydrogens is 461 g/mol. The summed E-state index contributed by atoms with van der Waals surface area (Å²) >= 11 is 7.47. The van der Waals surface area contributed by atoms with Crippen molar-refractivity contribution in [2.75, 3.05) is 0 Å². The minimum Gasteiger partial charge on any atom is -0.376 e. The third kappa shape index (κ3) is 5.16. The molecule has 0 aliphatic rings. The fourth-order valence-electron chi connectivity index (χ4n) is 2.35. The Labute approximate surface area is 179 Å². The lowest BCUT2D eigenvalue weighted by Crippen LogP contribution is -2.27. The van der Waals surface area contributed by atoms with Gasteiger partial charge in [0.25, 0.3) is 0 Å². The van der Waals surface area contributed by atoms with Crippen molar-refractivity contribution >= 4 is 39.3 Å². The molecule has 0 atom stereocenters. The van der Waals surface area contributed by atoms with Crippen LogP contribution < -0.4 is 4.18 Å². The molecule has 0 radical (unpaired) electrons. The standard InChI is InChI=1S/C20H12ClF3O4S2/c21-17-12-14(19(25)13-4-2-1-3-5-13)6-11-18(17)29-16-9-7-15(8-10-16)28-30(26,27)20(22,23)24/h1-12H. The first-order valence-electron chi connectivity index (χ1n) is 8.25. The number of alkyl halides is 3. The number of carbonyl (C=O) groups is 1. The molecule has 156 valence electrons. The second-order valence-corrected chi connectivity index (χ2v) is 8.96. The van der Waals surface area contributed by atoms with Gasteiger partial charge in [0, 0.05) is 20.9 Å². The maximum absolute atomic E-state index is 12.5. The van der Waals surface area contributed by atoms with Crippen LogP contribution in [0.3, 0.4) is 0 Å². The molecule has 4 nitrogen and oxygen atoms in total. The molecule has 0 amide bonds. The first-order valence-corrected chi connectivity index (χ1v) is 10.8. The van der Waals surface area contributed by atoms with Gasteiger partial charge in [-0.3, -0.25) is 4.79 Å². The molecule has 0 spiro atoms. The third-order valence-electron chi connectivity index (χ3n) is 3.77. The van der Waals surface area contributed by atoms with E-state index in [-0.39, 0.29) is 5.78 Å². The fourth-order valence-corrected chi connectivity index (χ4v) is 3.92. The summed E-state index contributed by atoms with van der Waals surface area (Å²) in [6.07, 6.45) is 0. The van der Waals surface area contributed by atoms with Gasteiger partial charge < -0.3 is 4.18 Å². The topological polar surface area (TPSA) is 60.4 Å². The van der Waals surface area contributed by atoms with E-state index in [1.807, 2.05) is 0 Å². The highest BCUT2D eigenvalue weighted by Crippen LogP contribution is 2.35. The summed E-state index contributed by atoms with van der Waals surface area (Å²) < 4.78 is 63.2. The Morgan fingerprint density at radius 3 is 2.10 bits per heavy atom. The summed E-state index contributed by atoms with van der Waals surface area (Å²) in [6.45, 7) is 0. The maximum atomic E-state index is 12.5. The number of hydrogen-bond donors (Lipinski definition) is 0. The molecule has 0 heterocycles. The molecule has 0 saturated carbocycles. The van der Waals surface area contributed by atoms with Crippen LogP contribution >= 0.6 is 23.4 Å². The first-order chi connectivity index (χ1) is 14.1. The highest BCUT2D eigenvalue weighted by Gasteiger charge is 2.48. The zero-order valence-corrected chi connectivity index (χ0v) is 17.3. The number of hydrogen-bond acceptors (Lipinski definition) is 5. The van der Waals surface area contributed by atoms with Crippen LogP contribution in [0.2, 0.25) is 5.02 Å². The van der Waals surface area contributed by atoms with E-state index >= 15 is 0 Å². The van der Waals surface area contributed by atoms with Gasteiger partial charge in [-0.05, 0) is 42.5 Å². The van der Waals surface area contributed by atoms with Gasteiger partial charge in [0.2, 0.25) is 0 Å². The molecule has 0 bridgehead atoms. The largest absolute Gasteiger partial charge is 0.534 e. The molecule has 3 aromatic carbocycles. The van der Waals surface area contributed by atoms with Crippen molar-refractivity contribution in [3.8, 4) is 5.75 Å². The number of halogens is 4. The zero-order valence-electron chi connectivity index (χ0n) is 14.9. The molecule has 3 aromatic rings. The van der Waals surface area contributed by atoms with E-state index < -0.39 is 21.4 Å². The van der Waals surface area contributed by atoms with Crippen molar-refractivity contribution < 1.29 is 30.6 Å². The van der Waals surface area contributed by atoms with Crippen molar-refractivity contribution in [3.05, 3.63) is 88.9 Å². The van der Waals surface area contributed by atoms with E-state index in [1.54, 1.807) is 42.5 Å². The first kappa shape index (κ1) is 22.2. The lowest BCUT2D eigenvalue weighted by molar-refractivity contribution is -0.0500. The Balaban J connectivity index is 1.73. The van der Waals surface area contributed by atoms with Gasteiger partial charge >= 0.3 is 15.6 Å². The number of rotatable bonds is 6. The van der Waals surface area contributed by atoms with Crippen molar-refractivity contribution in [1.29, 1.82) is 0 Å². The molecular formula is C20H12ClF3O4S2. The molecule has 0 saturated heterocycles. The van der Waals surface area contributed by atoms with Gasteiger partial charge in [-0.25, -0.2) is 0 Å². The Kier molecular flexibility index (Phi) is 6.44. The summed E-state index contributed by atoms with van der Waals surface area (Å²) in [5.74, 6) is -0.645. The van der Waals surface area contributed by atoms with E-state index in [1.165, 1.54) is 30.0 Å². The Morgan fingerprint density at radius 2 is 1.53 bits per heavy atom. The Hall–Kier alpha value is -2.49. The molecule has 0 aliphatic carbocycles. The van der Waals surface area contributed by atoms with Crippen LogP contribution in [0.4, 0.5) is 13.2 Å². The number of ketones is 1. The normalized spacial score (nSPS) is 11.9. The second-order valence-electron chi connectivity index (χ2n) is 5.90. The van der Waals surface area contributed by atoms with Gasteiger partial charge in [0.15, 0.2) is 5.78 Å². The summed E-state index contributed by atoms with van der Waals surface area (Å²) in [4.78, 5) is 13.7. The van der Waals surface area contributed by atoms with Gasteiger partial charge in [0.1, 0.15) is 5.75 Å². The molecule has 30 heavy (non-hydrogen) atoms. The van der Waals surface area contributed by atoms with E-state index in [0.29, 0.717) is 25.9 Å². The minimum absolute atomic E-state index is 0.179. The zero-order chi connectivity index (χ0) is 21.9. The fraction of sp³-hybridized carbons (Fsp3) is 0.0500. The predicted molar refractivity (Wildman–Crippen MR) is 107 cm³/mol. The van der Waals surface area contributed by atoms with Gasteiger partial charge in [-0.2, -0.15) is 21.6 Å². The lowest BCUT2D eigenvalue weighted by atomic mass is 10.0. The summed E-state index contributed by atoms with van der Waals surface area (Å²) in [7, 11) is -5.72. The van der Waals surface area contributed by atoms with Gasteiger partial charge in [-0.15, -0.1) is 0 Å². The van der Waals surface area contributed by atoms with Gasteiger partial charge in [0.05, 0.1) is 5.02 Å². The highest BCUT2D eigenvalue weighted by atomic mass is 35.5. The SMILES string of the molecule is O=C(c1ccccc1)c1ccc(Sc2ccc(OS(=O)(=O)C(F)(F)F)cc2)c(Cl)c1. The van der Waals surface area contributed by atoms with Crippen molar-refractivity contribution in [3.63, 3.8) is 0 Å². The molecule has 0 aliphatic heterocycles. The lowest BCUT2D eigenvalue weighted by Gasteiger charge is -2.10. The van der Waals surface area contributed by atoms with Crippen molar-refractivity contribution in [2.45, 2.75) is 15.3 Å². The average molecular weight is 473 g/mol. The number of carbonyl (C=O) groups excluding carboxylic acids is 1. The van der Waals surface area contributed by atoms with Crippen LogP contribution in [0.5, 0.6) is 5.75 Å². The monoisotopic (exact) mass is 472 g/mol. The Bertz CT molecular complexity index is 1160. The molecule has 0 aromatic heterocycles. The van der Waals surface area contributed by atoms with E-state index in [0.717, 1.165) is 12.1 Å². The van der Waals surface area contributed by atoms with Crippen molar-refractivity contribution in [1.82, 2.24) is 0 Å². The molecule has 0 unspecified atom stereocenters. The second kappa shape index (κ2) is 8.71. The summed E-state index contributed by atoms with van der Waals surface area (Å²) in [6, 6.07) is 18.5. The highest BCUT2D eigenvalue weighted by molar-refractivity contribution is 7.99. The van der Waals surface area contributed by atoms with Crippen LogP contribution in [0, 0.1) is 0 Å². The molecule has 3 rings (SSSR count). The van der Waals surface area contributed by atoms with Crippen LogP contribution in [0.15, 0.2) is 82.6 Å². The Morgan fingerprint density at radius 1 is 0.900 bits per heavy atom. The third-order valence-corrected chi connectivity index (χ3v) is 6.26. The van der Waals surface area contributed by atoms with Crippen LogP contribution in [-0.2, 0) is 10.1 Å². The van der Waals surface area contributed by atoms with Gasteiger partial charge in [-0.1, -0.05) is 53.7 Å². The van der Waals surface area contributed by atoms with E-state index in [9.17, 15) is 26.4 Å². The summed E-state index contributed by atoms with van der Waals surface area (Å²) in [5.41, 5.74) is -4.57. The maximum Gasteiger partial charge on any atom is 0.534 e. The molecule has 10 heteroatoms.